The van der Waals surface area contributed by atoms with E-state index in [-0.39, 0.29) is 69.8 Å². The molecule has 4 heterocycles. The lowest BCUT2D eigenvalue weighted by Crippen LogP contribution is -2.16. The van der Waals surface area contributed by atoms with Crippen LogP contribution in [-0.2, 0) is 13.2 Å². The fourth-order valence-electron chi connectivity index (χ4n) is 4.37. The Balaban J connectivity index is 1.50. The molecule has 0 aliphatic rings. The number of nitrogens with zero attached hydrogens (tertiary/aromatic N) is 3. The predicted molar refractivity (Wildman–Crippen MR) is 167 cm³/mol. The molecule has 0 spiro atoms. The first kappa shape index (κ1) is 32.3. The van der Waals surface area contributed by atoms with Crippen LogP contribution in [0, 0.1) is 6.92 Å². The number of rotatable bonds is 9. The van der Waals surface area contributed by atoms with Crippen molar-refractivity contribution in [1.82, 2.24) is 14.8 Å². The van der Waals surface area contributed by atoms with Gasteiger partial charge in [0.05, 0.1) is 27.0 Å². The number of hydrogen-bond donors (Lipinski definition) is 2. The maximum absolute atomic E-state index is 13.8. The molecule has 230 valence electrons. The van der Waals surface area contributed by atoms with Crippen molar-refractivity contribution in [2.24, 2.45) is 5.73 Å². The number of aromatic nitrogens is 3. The number of aryl methyl sites for hydroxylation is 1. The summed E-state index contributed by atoms with van der Waals surface area (Å²) in [5.74, 6) is -1.69. The zero-order valence-corrected chi connectivity index (χ0v) is 27.0. The maximum Gasteiger partial charge on any atom is 0.291 e. The summed E-state index contributed by atoms with van der Waals surface area (Å²) in [6.45, 7) is 3.95. The Morgan fingerprint density at radius 3 is 2.34 bits per heavy atom. The molecule has 17 heteroatoms. The number of pyridine rings is 1. The molecule has 5 rings (SSSR count). The van der Waals surface area contributed by atoms with E-state index in [0.717, 1.165) is 11.3 Å². The Hall–Kier alpha value is -3.13. The standard InChI is InChI=1S/C27H18Cl5F2N5O4S/c1-3-39-9(2)12(7-36-39)11-6-13(24(33)34)37-27-15(11)21(23(44-27)25(35)40)38-26(41)14-5-4-10(43-14)8-42-22-19(31)17(29)16(28)18(30)20(22)32/h4-7,24H,3,8H2,1-2H3,(H2,35,40)(H,38,41). The first-order valence-corrected chi connectivity index (χ1v) is 15.2. The number of fused-ring (bicyclic) bond motifs is 1. The molecule has 0 atom stereocenters. The van der Waals surface area contributed by atoms with Crippen molar-refractivity contribution >= 4 is 97.1 Å². The summed E-state index contributed by atoms with van der Waals surface area (Å²) in [6.07, 6.45) is -1.38. The van der Waals surface area contributed by atoms with Crippen molar-refractivity contribution in [1.29, 1.82) is 0 Å². The van der Waals surface area contributed by atoms with Crippen molar-refractivity contribution in [3.63, 3.8) is 0 Å². The molecule has 5 aromatic rings. The second kappa shape index (κ2) is 12.7. The maximum atomic E-state index is 13.8. The third-order valence-corrected chi connectivity index (χ3v) is 9.81. The largest absolute Gasteiger partial charge is 0.482 e. The normalized spacial score (nSPS) is 11.5. The second-order valence-electron chi connectivity index (χ2n) is 9.11. The van der Waals surface area contributed by atoms with E-state index in [1.807, 2.05) is 6.92 Å². The highest BCUT2D eigenvalue weighted by Crippen LogP contribution is 2.48. The van der Waals surface area contributed by atoms with E-state index in [4.69, 9.17) is 72.9 Å². The number of ether oxygens (including phenoxy) is 1. The topological polar surface area (TPSA) is 125 Å². The summed E-state index contributed by atoms with van der Waals surface area (Å²) in [6, 6.07) is 4.03. The smallest absolute Gasteiger partial charge is 0.291 e. The van der Waals surface area contributed by atoms with E-state index in [9.17, 15) is 18.4 Å². The van der Waals surface area contributed by atoms with Gasteiger partial charge in [0.25, 0.3) is 18.2 Å². The highest BCUT2D eigenvalue weighted by Gasteiger charge is 2.27. The first-order valence-electron chi connectivity index (χ1n) is 12.5. The van der Waals surface area contributed by atoms with Gasteiger partial charge in [-0.05, 0) is 37.6 Å². The van der Waals surface area contributed by atoms with Gasteiger partial charge in [-0.2, -0.15) is 5.10 Å². The molecule has 4 aromatic heterocycles. The second-order valence-corrected chi connectivity index (χ2v) is 12.0. The third kappa shape index (κ3) is 5.82. The number of halogens is 7. The molecule has 0 unspecified atom stereocenters. The van der Waals surface area contributed by atoms with Crippen molar-refractivity contribution in [2.75, 3.05) is 5.32 Å². The zero-order valence-electron chi connectivity index (χ0n) is 22.4. The van der Waals surface area contributed by atoms with E-state index in [1.165, 1.54) is 24.4 Å². The van der Waals surface area contributed by atoms with Gasteiger partial charge in [-0.3, -0.25) is 14.3 Å². The van der Waals surface area contributed by atoms with Gasteiger partial charge in [0.2, 0.25) is 0 Å². The molecule has 0 aliphatic carbocycles. The van der Waals surface area contributed by atoms with Crippen molar-refractivity contribution in [2.45, 2.75) is 33.4 Å². The minimum Gasteiger partial charge on any atom is -0.482 e. The summed E-state index contributed by atoms with van der Waals surface area (Å²) in [5.41, 5.74) is 6.61. The average molecular weight is 724 g/mol. The van der Waals surface area contributed by atoms with Gasteiger partial charge in [0, 0.05) is 23.2 Å². The minimum absolute atomic E-state index is 0.00678. The molecular formula is C27H18Cl5F2N5O4S. The van der Waals surface area contributed by atoms with Gasteiger partial charge in [-0.1, -0.05) is 58.0 Å². The lowest BCUT2D eigenvalue weighted by atomic mass is 10.0. The number of carbonyl (C=O) groups is 2. The molecule has 0 saturated carbocycles. The summed E-state index contributed by atoms with van der Waals surface area (Å²) < 4.78 is 40.6. The molecule has 3 N–H and O–H groups in total. The molecule has 2 amide bonds. The molecule has 0 fully saturated rings. The Kier molecular flexibility index (Phi) is 9.31. The van der Waals surface area contributed by atoms with Gasteiger partial charge in [-0.25, -0.2) is 13.8 Å². The minimum atomic E-state index is -2.90. The molecule has 44 heavy (non-hydrogen) atoms. The van der Waals surface area contributed by atoms with Gasteiger partial charge in [-0.15, -0.1) is 11.3 Å². The molecular weight excluding hydrogens is 706 g/mol. The Bertz CT molecular complexity index is 1930. The summed E-state index contributed by atoms with van der Waals surface area (Å²) >= 11 is 31.3. The molecule has 0 aliphatic heterocycles. The van der Waals surface area contributed by atoms with Crippen LogP contribution in [0.3, 0.4) is 0 Å². The predicted octanol–water partition coefficient (Wildman–Crippen LogP) is 9.22. The van der Waals surface area contributed by atoms with Crippen molar-refractivity contribution in [3.05, 3.63) is 77.3 Å². The number of nitrogens with two attached hydrogens (primary N) is 1. The van der Waals surface area contributed by atoms with Crippen LogP contribution in [0.1, 0.15) is 50.7 Å². The van der Waals surface area contributed by atoms with E-state index >= 15 is 0 Å². The van der Waals surface area contributed by atoms with Crippen LogP contribution in [0.25, 0.3) is 21.3 Å². The molecule has 1 aromatic carbocycles. The SMILES string of the molecule is CCn1ncc(-c2cc(C(F)F)nc3sc(C(N)=O)c(NC(=O)c4ccc(COc5c(Cl)c(Cl)c(Cl)c(Cl)c5Cl)o4)c23)c1C. The molecule has 0 bridgehead atoms. The number of nitrogens with one attached hydrogen (secondary N) is 1. The summed E-state index contributed by atoms with van der Waals surface area (Å²) in [5, 5.41) is 6.90. The Morgan fingerprint density at radius 1 is 1.09 bits per heavy atom. The first-order chi connectivity index (χ1) is 20.8. The Labute approximate surface area is 276 Å². The number of furan rings is 1. The van der Waals surface area contributed by atoms with E-state index in [2.05, 4.69) is 15.4 Å². The van der Waals surface area contributed by atoms with Gasteiger partial charge in [0.15, 0.2) is 11.5 Å². The lowest BCUT2D eigenvalue weighted by Gasteiger charge is -2.13. The number of benzene rings is 1. The highest BCUT2D eigenvalue weighted by atomic mass is 35.5. The quantitative estimate of drug-likeness (QED) is 0.115. The Morgan fingerprint density at radius 2 is 1.75 bits per heavy atom. The summed E-state index contributed by atoms with van der Waals surface area (Å²) in [4.78, 5) is 29.8. The summed E-state index contributed by atoms with van der Waals surface area (Å²) in [7, 11) is 0. The van der Waals surface area contributed by atoms with E-state index in [0.29, 0.717) is 23.4 Å². The van der Waals surface area contributed by atoms with Crippen LogP contribution in [0.15, 0.2) is 28.8 Å². The number of hydrogen-bond acceptors (Lipinski definition) is 7. The zero-order chi connectivity index (χ0) is 32.0. The van der Waals surface area contributed by atoms with E-state index in [1.54, 1.807) is 11.6 Å². The van der Waals surface area contributed by atoms with Crippen LogP contribution in [-0.4, -0.2) is 26.6 Å². The molecule has 9 nitrogen and oxygen atoms in total. The van der Waals surface area contributed by atoms with Gasteiger partial charge in [0.1, 0.15) is 37.8 Å². The van der Waals surface area contributed by atoms with Crippen LogP contribution < -0.4 is 15.8 Å². The highest BCUT2D eigenvalue weighted by molar-refractivity contribution is 7.21. The number of thiophene rings is 1. The third-order valence-electron chi connectivity index (χ3n) is 6.47. The van der Waals surface area contributed by atoms with Crippen molar-refractivity contribution < 1.29 is 27.5 Å². The number of primary amides is 1. The molecule has 0 saturated heterocycles. The van der Waals surface area contributed by atoms with Crippen LogP contribution in [0.5, 0.6) is 5.75 Å². The van der Waals surface area contributed by atoms with Crippen LogP contribution >= 0.6 is 69.3 Å². The fraction of sp³-hybridized carbons (Fsp3) is 0.185. The van der Waals surface area contributed by atoms with Gasteiger partial charge < -0.3 is 20.2 Å². The monoisotopic (exact) mass is 721 g/mol. The van der Waals surface area contributed by atoms with Crippen LogP contribution in [0.4, 0.5) is 14.5 Å². The molecule has 0 radical (unpaired) electrons. The van der Waals surface area contributed by atoms with Crippen molar-refractivity contribution in [3.8, 4) is 16.9 Å². The number of alkyl halides is 2. The number of anilines is 1. The number of carbonyl (C=O) groups excluding carboxylic acids is 2. The average Bonchev–Trinajstić information content (AvgIpc) is 3.71. The van der Waals surface area contributed by atoms with E-state index < -0.39 is 23.9 Å². The lowest BCUT2D eigenvalue weighted by molar-refractivity contribution is 0.0992. The fourth-order valence-corrected chi connectivity index (χ4v) is 6.62. The number of amides is 2. The van der Waals surface area contributed by atoms with Gasteiger partial charge >= 0.3 is 0 Å². The van der Waals surface area contributed by atoms with Crippen LogP contribution in [0.2, 0.25) is 25.1 Å².